The van der Waals surface area contributed by atoms with Crippen LogP contribution in [0.5, 0.6) is 0 Å². The Balaban J connectivity index is 2.10. The zero-order valence-electron chi connectivity index (χ0n) is 12.6. The van der Waals surface area contributed by atoms with Crippen molar-refractivity contribution in [1.29, 1.82) is 0 Å². The molecule has 0 saturated heterocycles. The van der Waals surface area contributed by atoms with Gasteiger partial charge >= 0.3 is 0 Å². The lowest BCUT2D eigenvalue weighted by molar-refractivity contribution is 0.443. The molecule has 0 aliphatic heterocycles. The van der Waals surface area contributed by atoms with Crippen LogP contribution in [0, 0.1) is 6.92 Å². The van der Waals surface area contributed by atoms with Crippen LogP contribution in [0.4, 0.5) is 0 Å². The lowest BCUT2D eigenvalue weighted by Gasteiger charge is -2.05. The van der Waals surface area contributed by atoms with Gasteiger partial charge in [0.25, 0.3) is 0 Å². The SMILES string of the molecule is Cc1cccc(S(=O)(=O)Cc2ccc(CNC(C)C)o2)c1. The van der Waals surface area contributed by atoms with Gasteiger partial charge in [0.1, 0.15) is 17.3 Å². The molecular weight excluding hydrogens is 286 g/mol. The molecule has 2 rings (SSSR count). The van der Waals surface area contributed by atoms with E-state index in [4.69, 9.17) is 4.42 Å². The molecule has 21 heavy (non-hydrogen) atoms. The van der Waals surface area contributed by atoms with E-state index in [2.05, 4.69) is 5.32 Å². The zero-order chi connectivity index (χ0) is 15.5. The summed E-state index contributed by atoms with van der Waals surface area (Å²) in [5.74, 6) is 1.10. The highest BCUT2D eigenvalue weighted by Gasteiger charge is 2.17. The van der Waals surface area contributed by atoms with Gasteiger partial charge in [0.15, 0.2) is 9.84 Å². The first kappa shape index (κ1) is 15.8. The van der Waals surface area contributed by atoms with Crippen molar-refractivity contribution in [1.82, 2.24) is 5.32 Å². The van der Waals surface area contributed by atoms with Crippen LogP contribution in [0.25, 0.3) is 0 Å². The van der Waals surface area contributed by atoms with Crippen LogP contribution in [0.2, 0.25) is 0 Å². The fraction of sp³-hybridized carbons (Fsp3) is 0.375. The van der Waals surface area contributed by atoms with Crippen molar-refractivity contribution in [2.75, 3.05) is 0 Å². The Bertz CT molecular complexity index is 702. The van der Waals surface area contributed by atoms with Crippen LogP contribution in [0.3, 0.4) is 0 Å². The van der Waals surface area contributed by atoms with Crippen LogP contribution in [-0.2, 0) is 22.1 Å². The lowest BCUT2D eigenvalue weighted by atomic mass is 10.2. The van der Waals surface area contributed by atoms with E-state index in [-0.39, 0.29) is 5.75 Å². The fourth-order valence-corrected chi connectivity index (χ4v) is 3.33. The third-order valence-corrected chi connectivity index (χ3v) is 4.72. The first-order chi connectivity index (χ1) is 9.87. The van der Waals surface area contributed by atoms with Crippen molar-refractivity contribution in [3.8, 4) is 0 Å². The summed E-state index contributed by atoms with van der Waals surface area (Å²) in [6.07, 6.45) is 0. The molecule has 0 atom stereocenters. The highest BCUT2D eigenvalue weighted by Crippen LogP contribution is 2.19. The first-order valence-electron chi connectivity index (χ1n) is 6.97. The average molecular weight is 307 g/mol. The molecule has 0 aliphatic rings. The molecule has 0 amide bonds. The number of nitrogens with one attached hydrogen (secondary N) is 1. The van der Waals surface area contributed by atoms with Crippen molar-refractivity contribution < 1.29 is 12.8 Å². The van der Waals surface area contributed by atoms with E-state index in [1.165, 1.54) is 0 Å². The van der Waals surface area contributed by atoms with Crippen LogP contribution in [-0.4, -0.2) is 14.5 Å². The molecule has 0 fully saturated rings. The Morgan fingerprint density at radius 1 is 1.14 bits per heavy atom. The van der Waals surface area contributed by atoms with Crippen molar-refractivity contribution in [2.45, 2.75) is 44.0 Å². The molecule has 0 radical (unpaired) electrons. The molecule has 0 aliphatic carbocycles. The van der Waals surface area contributed by atoms with Gasteiger partial charge in [0.2, 0.25) is 0 Å². The highest BCUT2D eigenvalue weighted by molar-refractivity contribution is 7.90. The van der Waals surface area contributed by atoms with Crippen molar-refractivity contribution in [2.24, 2.45) is 0 Å². The van der Waals surface area contributed by atoms with Gasteiger partial charge in [-0.2, -0.15) is 0 Å². The third kappa shape index (κ3) is 4.44. The van der Waals surface area contributed by atoms with Crippen LogP contribution >= 0.6 is 0 Å². The van der Waals surface area contributed by atoms with E-state index >= 15 is 0 Å². The Morgan fingerprint density at radius 2 is 1.86 bits per heavy atom. The van der Waals surface area contributed by atoms with Crippen molar-refractivity contribution >= 4 is 9.84 Å². The first-order valence-corrected chi connectivity index (χ1v) is 8.62. The van der Waals surface area contributed by atoms with Crippen LogP contribution in [0.1, 0.15) is 30.9 Å². The summed E-state index contributed by atoms with van der Waals surface area (Å²) in [6.45, 7) is 6.57. The van der Waals surface area contributed by atoms with Gasteiger partial charge < -0.3 is 9.73 Å². The molecule has 2 aromatic rings. The normalized spacial score (nSPS) is 12.0. The second-order valence-electron chi connectivity index (χ2n) is 5.48. The predicted octanol–water partition coefficient (Wildman–Crippen LogP) is 3.06. The molecule has 1 heterocycles. The molecule has 1 aromatic heterocycles. The summed E-state index contributed by atoms with van der Waals surface area (Å²) in [6, 6.07) is 10.8. The molecule has 0 spiro atoms. The summed E-state index contributed by atoms with van der Waals surface area (Å²) >= 11 is 0. The highest BCUT2D eigenvalue weighted by atomic mass is 32.2. The number of aryl methyl sites for hydroxylation is 1. The second kappa shape index (κ2) is 6.45. The maximum atomic E-state index is 12.4. The number of rotatable bonds is 6. The van der Waals surface area contributed by atoms with Gasteiger partial charge in [-0.15, -0.1) is 0 Å². The predicted molar refractivity (Wildman–Crippen MR) is 82.8 cm³/mol. The summed E-state index contributed by atoms with van der Waals surface area (Å²) in [4.78, 5) is 0.334. The van der Waals surface area contributed by atoms with Gasteiger partial charge in [-0.1, -0.05) is 26.0 Å². The smallest absolute Gasteiger partial charge is 0.185 e. The molecule has 5 heteroatoms. The Hall–Kier alpha value is -1.59. The topological polar surface area (TPSA) is 59.3 Å². The van der Waals surface area contributed by atoms with Gasteiger partial charge in [0.05, 0.1) is 11.4 Å². The van der Waals surface area contributed by atoms with Crippen LogP contribution < -0.4 is 5.32 Å². The molecule has 1 aromatic carbocycles. The Morgan fingerprint density at radius 3 is 2.52 bits per heavy atom. The van der Waals surface area contributed by atoms with E-state index in [0.29, 0.717) is 23.2 Å². The molecule has 0 bridgehead atoms. The molecule has 114 valence electrons. The summed E-state index contributed by atoms with van der Waals surface area (Å²) < 4.78 is 30.3. The molecule has 0 unspecified atom stereocenters. The average Bonchev–Trinajstić information content (AvgIpc) is 2.83. The molecular formula is C16H21NO3S. The third-order valence-electron chi connectivity index (χ3n) is 3.08. The van der Waals surface area contributed by atoms with E-state index < -0.39 is 9.84 Å². The summed E-state index contributed by atoms with van der Waals surface area (Å²) in [7, 11) is -3.37. The summed E-state index contributed by atoms with van der Waals surface area (Å²) in [5, 5.41) is 3.23. The largest absolute Gasteiger partial charge is 0.464 e. The number of sulfone groups is 1. The van der Waals surface area contributed by atoms with E-state index in [0.717, 1.165) is 11.3 Å². The fourth-order valence-electron chi connectivity index (χ4n) is 1.98. The number of benzene rings is 1. The molecule has 0 saturated carbocycles. The van der Waals surface area contributed by atoms with E-state index in [1.54, 1.807) is 24.3 Å². The lowest BCUT2D eigenvalue weighted by Crippen LogP contribution is -2.21. The Labute approximate surface area is 126 Å². The number of furan rings is 1. The van der Waals surface area contributed by atoms with Gasteiger partial charge in [-0.05, 0) is 36.8 Å². The van der Waals surface area contributed by atoms with Gasteiger partial charge in [0, 0.05) is 6.04 Å². The van der Waals surface area contributed by atoms with E-state index in [9.17, 15) is 8.42 Å². The maximum Gasteiger partial charge on any atom is 0.185 e. The molecule has 1 N–H and O–H groups in total. The van der Waals surface area contributed by atoms with Gasteiger partial charge in [-0.3, -0.25) is 0 Å². The number of hydrogen-bond acceptors (Lipinski definition) is 4. The maximum absolute atomic E-state index is 12.4. The monoisotopic (exact) mass is 307 g/mol. The van der Waals surface area contributed by atoms with Crippen molar-refractivity contribution in [3.05, 3.63) is 53.5 Å². The van der Waals surface area contributed by atoms with Gasteiger partial charge in [-0.25, -0.2) is 8.42 Å². The minimum atomic E-state index is -3.37. The van der Waals surface area contributed by atoms with E-state index in [1.807, 2.05) is 32.9 Å². The quantitative estimate of drug-likeness (QED) is 0.891. The van der Waals surface area contributed by atoms with Crippen LogP contribution in [0.15, 0.2) is 45.7 Å². The second-order valence-corrected chi connectivity index (χ2v) is 7.47. The number of hydrogen-bond donors (Lipinski definition) is 1. The Kier molecular flexibility index (Phi) is 4.85. The standard InChI is InChI=1S/C16H21NO3S/c1-12(2)17-10-14-7-8-15(20-14)11-21(18,19)16-6-4-5-13(3)9-16/h4-9,12,17H,10-11H2,1-3H3. The minimum absolute atomic E-state index is 0.113. The molecule has 4 nitrogen and oxygen atoms in total. The summed E-state index contributed by atoms with van der Waals surface area (Å²) in [5.41, 5.74) is 0.928. The van der Waals surface area contributed by atoms with Crippen molar-refractivity contribution in [3.63, 3.8) is 0 Å². The minimum Gasteiger partial charge on any atom is -0.464 e. The zero-order valence-corrected chi connectivity index (χ0v) is 13.4.